The molecule has 3 nitrogen and oxygen atoms in total. The third-order valence-electron chi connectivity index (χ3n) is 4.29. The Morgan fingerprint density at radius 2 is 1.78 bits per heavy atom. The quantitative estimate of drug-likeness (QED) is 0.786. The molecule has 0 N–H and O–H groups in total. The second kappa shape index (κ2) is 6.87. The van der Waals surface area contributed by atoms with E-state index in [0.717, 1.165) is 32.9 Å². The third-order valence-corrected chi connectivity index (χ3v) is 5.40. The molecule has 4 heteroatoms. The Labute approximate surface area is 141 Å². The van der Waals surface area contributed by atoms with E-state index in [1.165, 1.54) is 0 Å². The van der Waals surface area contributed by atoms with E-state index in [2.05, 4.69) is 13.0 Å². The van der Waals surface area contributed by atoms with Gasteiger partial charge in [-0.3, -0.25) is 4.79 Å². The van der Waals surface area contributed by atoms with Gasteiger partial charge in [-0.2, -0.15) is 0 Å². The van der Waals surface area contributed by atoms with Gasteiger partial charge < -0.3 is 9.47 Å². The summed E-state index contributed by atoms with van der Waals surface area (Å²) in [5.41, 5.74) is 3.80. The molecule has 0 aliphatic carbocycles. The Hall–Kier alpha value is -1.62. The second-order valence-corrected chi connectivity index (χ2v) is 6.68. The zero-order chi connectivity index (χ0) is 16.4. The predicted octanol–water partition coefficient (Wildman–Crippen LogP) is 4.25. The zero-order valence-electron chi connectivity index (χ0n) is 13.5. The fraction of sp³-hybridized carbons (Fsp3) is 0.316. The van der Waals surface area contributed by atoms with Crippen LogP contribution in [0.2, 0.25) is 0 Å². The van der Waals surface area contributed by atoms with E-state index in [0.29, 0.717) is 0 Å². The van der Waals surface area contributed by atoms with Gasteiger partial charge in [-0.25, -0.2) is 0 Å². The van der Waals surface area contributed by atoms with Crippen LogP contribution in [-0.4, -0.2) is 26.3 Å². The molecule has 0 saturated carbocycles. The highest BCUT2D eigenvalue weighted by Gasteiger charge is 2.24. The van der Waals surface area contributed by atoms with Crippen molar-refractivity contribution in [1.29, 1.82) is 0 Å². The van der Waals surface area contributed by atoms with Crippen molar-refractivity contribution in [3.05, 3.63) is 64.7 Å². The number of ketones is 1. The van der Waals surface area contributed by atoms with E-state index in [-0.39, 0.29) is 18.0 Å². The molecule has 1 aliphatic rings. The van der Waals surface area contributed by atoms with Crippen molar-refractivity contribution >= 4 is 17.5 Å². The number of methoxy groups -OCH3 is 2. The lowest BCUT2D eigenvalue weighted by Crippen LogP contribution is -2.21. The lowest BCUT2D eigenvalue weighted by Gasteiger charge is -2.22. The van der Waals surface area contributed by atoms with Crippen molar-refractivity contribution in [2.24, 2.45) is 0 Å². The fourth-order valence-electron chi connectivity index (χ4n) is 2.96. The second-order valence-electron chi connectivity index (χ2n) is 5.66. The molecule has 0 aromatic heterocycles. The van der Waals surface area contributed by atoms with Crippen LogP contribution in [-0.2, 0) is 15.2 Å². The van der Waals surface area contributed by atoms with Gasteiger partial charge in [0.25, 0.3) is 0 Å². The summed E-state index contributed by atoms with van der Waals surface area (Å²) in [5, 5.41) is 0. The normalized spacial score (nSPS) is 15.0. The van der Waals surface area contributed by atoms with Crippen LogP contribution in [0, 0.1) is 0 Å². The van der Waals surface area contributed by atoms with E-state index >= 15 is 0 Å². The number of hydrogen-bond donors (Lipinski definition) is 0. The van der Waals surface area contributed by atoms with Crippen LogP contribution in [0.1, 0.15) is 39.9 Å². The number of thioether (sulfide) groups is 1. The fourth-order valence-corrected chi connectivity index (χ4v) is 4.06. The van der Waals surface area contributed by atoms with E-state index in [1.807, 2.05) is 36.4 Å². The van der Waals surface area contributed by atoms with Crippen molar-refractivity contribution in [2.75, 3.05) is 14.2 Å². The van der Waals surface area contributed by atoms with Gasteiger partial charge in [0.1, 0.15) is 0 Å². The van der Waals surface area contributed by atoms with Crippen molar-refractivity contribution in [1.82, 2.24) is 0 Å². The maximum atomic E-state index is 12.8. The molecule has 0 amide bonds. The molecular weight excluding hydrogens is 308 g/mol. The first-order valence-electron chi connectivity index (χ1n) is 7.60. The largest absolute Gasteiger partial charge is 0.355 e. The van der Waals surface area contributed by atoms with E-state index in [4.69, 9.17) is 9.47 Å². The standard InChI is InChI=1S/C19H20O3S/c1-12(19(21-2)22-3)13-8-9-16-17(10-13)23-11-14-6-4-5-7-15(14)18(16)20/h4-10,12,19H,11H2,1-3H3. The smallest absolute Gasteiger partial charge is 0.194 e. The molecule has 1 heterocycles. The Bertz CT molecular complexity index is 722. The van der Waals surface area contributed by atoms with Crippen molar-refractivity contribution in [2.45, 2.75) is 29.8 Å². The maximum absolute atomic E-state index is 12.8. The average Bonchev–Trinajstić information content (AvgIpc) is 2.73. The number of fused-ring (bicyclic) bond motifs is 2. The van der Waals surface area contributed by atoms with Gasteiger partial charge in [-0.15, -0.1) is 11.8 Å². The third kappa shape index (κ3) is 3.07. The van der Waals surface area contributed by atoms with Gasteiger partial charge in [0.15, 0.2) is 12.1 Å². The topological polar surface area (TPSA) is 35.5 Å². The summed E-state index contributed by atoms with van der Waals surface area (Å²) in [7, 11) is 3.28. The van der Waals surface area contributed by atoms with Gasteiger partial charge >= 0.3 is 0 Å². The molecule has 2 aromatic rings. The molecule has 2 aromatic carbocycles. The molecule has 1 unspecified atom stereocenters. The van der Waals surface area contributed by atoms with Gasteiger partial charge in [0.05, 0.1) is 0 Å². The first kappa shape index (κ1) is 16.2. The number of carbonyl (C=O) groups is 1. The number of rotatable bonds is 4. The van der Waals surface area contributed by atoms with Crippen molar-refractivity contribution in [3.63, 3.8) is 0 Å². The molecular formula is C19H20O3S. The highest BCUT2D eigenvalue weighted by molar-refractivity contribution is 7.98. The van der Waals surface area contributed by atoms with E-state index < -0.39 is 0 Å². The maximum Gasteiger partial charge on any atom is 0.194 e. The highest BCUT2D eigenvalue weighted by Crippen LogP contribution is 2.36. The van der Waals surface area contributed by atoms with Crippen LogP contribution in [0.3, 0.4) is 0 Å². The SMILES string of the molecule is COC(OC)C(C)c1ccc2c(c1)SCc1ccccc1C2=O. The lowest BCUT2D eigenvalue weighted by molar-refractivity contribution is -0.115. The minimum atomic E-state index is -0.295. The van der Waals surface area contributed by atoms with Gasteiger partial charge in [-0.05, 0) is 23.3 Å². The molecule has 1 aliphatic heterocycles. The van der Waals surface area contributed by atoms with Crippen molar-refractivity contribution in [3.8, 4) is 0 Å². The monoisotopic (exact) mass is 328 g/mol. The Kier molecular flexibility index (Phi) is 4.85. The van der Waals surface area contributed by atoms with Crippen LogP contribution in [0.4, 0.5) is 0 Å². The first-order valence-corrected chi connectivity index (χ1v) is 8.59. The molecule has 1 atom stereocenters. The van der Waals surface area contributed by atoms with E-state index in [9.17, 15) is 4.79 Å². The minimum absolute atomic E-state index is 0.0941. The summed E-state index contributed by atoms with van der Waals surface area (Å²) in [5.74, 6) is 1.01. The molecule has 23 heavy (non-hydrogen) atoms. The predicted molar refractivity (Wildman–Crippen MR) is 92.1 cm³/mol. The van der Waals surface area contributed by atoms with Crippen LogP contribution >= 0.6 is 11.8 Å². The number of ether oxygens (including phenoxy) is 2. The summed E-state index contributed by atoms with van der Waals surface area (Å²) in [6.45, 7) is 2.07. The number of carbonyl (C=O) groups excluding carboxylic acids is 1. The van der Waals surface area contributed by atoms with Gasteiger partial charge in [0.2, 0.25) is 0 Å². The summed E-state index contributed by atoms with van der Waals surface area (Å²) in [4.78, 5) is 13.8. The number of benzene rings is 2. The summed E-state index contributed by atoms with van der Waals surface area (Å²) >= 11 is 1.71. The lowest BCUT2D eigenvalue weighted by atomic mass is 9.95. The summed E-state index contributed by atoms with van der Waals surface area (Å²) in [6, 6.07) is 13.9. The molecule has 120 valence electrons. The molecule has 3 rings (SSSR count). The Balaban J connectivity index is 1.98. The molecule has 0 bridgehead atoms. The Morgan fingerprint density at radius 1 is 1.04 bits per heavy atom. The average molecular weight is 328 g/mol. The van der Waals surface area contributed by atoms with Crippen LogP contribution in [0.25, 0.3) is 0 Å². The van der Waals surface area contributed by atoms with Gasteiger partial charge in [-0.1, -0.05) is 37.3 Å². The molecule has 0 fully saturated rings. The summed E-state index contributed by atoms with van der Waals surface area (Å²) in [6.07, 6.45) is -0.295. The van der Waals surface area contributed by atoms with Crippen molar-refractivity contribution < 1.29 is 14.3 Å². The first-order chi connectivity index (χ1) is 11.2. The minimum Gasteiger partial charge on any atom is -0.355 e. The van der Waals surface area contributed by atoms with Crippen LogP contribution in [0.15, 0.2) is 47.4 Å². The van der Waals surface area contributed by atoms with Crippen LogP contribution < -0.4 is 0 Å². The number of hydrogen-bond acceptors (Lipinski definition) is 4. The Morgan fingerprint density at radius 3 is 2.52 bits per heavy atom. The van der Waals surface area contributed by atoms with Crippen LogP contribution in [0.5, 0.6) is 0 Å². The molecule has 0 radical (unpaired) electrons. The molecule has 0 spiro atoms. The molecule has 0 saturated heterocycles. The zero-order valence-corrected chi connectivity index (χ0v) is 14.4. The van der Waals surface area contributed by atoms with E-state index in [1.54, 1.807) is 26.0 Å². The summed E-state index contributed by atoms with van der Waals surface area (Å²) < 4.78 is 10.7. The van der Waals surface area contributed by atoms with Gasteiger partial charge in [0, 0.05) is 41.9 Å². The highest BCUT2D eigenvalue weighted by atomic mass is 32.2.